The van der Waals surface area contributed by atoms with Gasteiger partial charge in [0.05, 0.1) is 28.3 Å². The molecule has 1 aromatic carbocycles. The summed E-state index contributed by atoms with van der Waals surface area (Å²) < 4.78 is 21.1. The van der Waals surface area contributed by atoms with Crippen LogP contribution in [0.1, 0.15) is 44.7 Å². The summed E-state index contributed by atoms with van der Waals surface area (Å²) in [6.07, 6.45) is -0.113. The maximum atomic E-state index is 13.8. The Bertz CT molecular complexity index is 850. The standard InChI is InChI=1S/C20H22Cl2FNO3/c1-11(2)19-17(21)18(22)20(12-4-3-5-13(23)8-12)24(19)7-6-15-9-14(25)10-16(26)27-15/h3-5,8,11,14-15,25H,6-7,9-10H2,1-2H3/t14-,15-/m1/s1. The van der Waals surface area contributed by atoms with E-state index in [1.807, 2.05) is 18.4 Å². The van der Waals surface area contributed by atoms with Crippen LogP contribution in [0.25, 0.3) is 11.3 Å². The summed E-state index contributed by atoms with van der Waals surface area (Å²) in [4.78, 5) is 11.6. The number of aliphatic hydroxyl groups excluding tert-OH is 1. The quantitative estimate of drug-likeness (QED) is 0.686. The van der Waals surface area contributed by atoms with Gasteiger partial charge >= 0.3 is 5.97 Å². The van der Waals surface area contributed by atoms with Gasteiger partial charge in [0.2, 0.25) is 0 Å². The van der Waals surface area contributed by atoms with E-state index in [2.05, 4.69) is 0 Å². The minimum absolute atomic E-state index is 0.0312. The van der Waals surface area contributed by atoms with Gasteiger partial charge in [-0.05, 0) is 18.1 Å². The van der Waals surface area contributed by atoms with Crippen molar-refractivity contribution in [1.82, 2.24) is 4.57 Å². The molecular weight excluding hydrogens is 392 g/mol. The van der Waals surface area contributed by atoms with Crippen LogP contribution in [0, 0.1) is 5.82 Å². The van der Waals surface area contributed by atoms with Crippen LogP contribution in [-0.2, 0) is 16.1 Å². The normalized spacial score (nSPS) is 20.2. The number of carbonyl (C=O) groups is 1. The largest absolute Gasteiger partial charge is 0.462 e. The Labute approximate surface area is 167 Å². The highest BCUT2D eigenvalue weighted by molar-refractivity contribution is 6.44. The van der Waals surface area contributed by atoms with Crippen LogP contribution in [0.5, 0.6) is 0 Å². The third-order valence-corrected chi connectivity index (χ3v) is 5.59. The lowest BCUT2D eigenvalue weighted by Gasteiger charge is -2.27. The van der Waals surface area contributed by atoms with E-state index in [9.17, 15) is 14.3 Å². The molecule has 4 nitrogen and oxygen atoms in total. The fraction of sp³-hybridized carbons (Fsp3) is 0.450. The molecule has 0 saturated carbocycles. The zero-order valence-electron chi connectivity index (χ0n) is 15.2. The molecule has 1 aliphatic heterocycles. The number of aliphatic hydroxyl groups is 1. The van der Waals surface area contributed by atoms with Crippen molar-refractivity contribution < 1.29 is 19.0 Å². The third-order valence-electron chi connectivity index (χ3n) is 4.74. The average Bonchev–Trinajstić information content (AvgIpc) is 2.83. The van der Waals surface area contributed by atoms with Crippen molar-refractivity contribution in [3.05, 3.63) is 45.8 Å². The van der Waals surface area contributed by atoms with Gasteiger partial charge < -0.3 is 14.4 Å². The van der Waals surface area contributed by atoms with Gasteiger partial charge in [0.1, 0.15) is 11.9 Å². The lowest BCUT2D eigenvalue weighted by Crippen LogP contribution is -2.33. The molecule has 1 N–H and O–H groups in total. The number of benzene rings is 1. The fourth-order valence-corrected chi connectivity index (χ4v) is 4.32. The molecule has 0 aliphatic carbocycles. The number of nitrogens with zero attached hydrogens (tertiary/aromatic N) is 1. The van der Waals surface area contributed by atoms with E-state index < -0.39 is 12.1 Å². The number of halogens is 3. The fourth-order valence-electron chi connectivity index (χ4n) is 3.60. The van der Waals surface area contributed by atoms with Crippen LogP contribution in [-0.4, -0.2) is 27.9 Å². The number of hydrogen-bond donors (Lipinski definition) is 1. The van der Waals surface area contributed by atoms with E-state index in [0.717, 1.165) is 5.69 Å². The number of rotatable bonds is 5. The number of ether oxygens (including phenoxy) is 1. The highest BCUT2D eigenvalue weighted by Gasteiger charge is 2.29. The van der Waals surface area contributed by atoms with Gasteiger partial charge in [0.25, 0.3) is 0 Å². The molecule has 0 radical (unpaired) electrons. The number of esters is 1. The minimum Gasteiger partial charge on any atom is -0.462 e. The number of carbonyl (C=O) groups excluding carboxylic acids is 1. The third kappa shape index (κ3) is 4.31. The molecule has 0 amide bonds. The summed E-state index contributed by atoms with van der Waals surface area (Å²) in [5, 5.41) is 10.6. The van der Waals surface area contributed by atoms with E-state index in [4.69, 9.17) is 27.9 Å². The summed E-state index contributed by atoms with van der Waals surface area (Å²) in [6, 6.07) is 6.20. The van der Waals surface area contributed by atoms with E-state index >= 15 is 0 Å². The zero-order valence-corrected chi connectivity index (χ0v) is 16.7. The molecule has 2 heterocycles. The predicted molar refractivity (Wildman–Crippen MR) is 104 cm³/mol. The van der Waals surface area contributed by atoms with Gasteiger partial charge in [-0.3, -0.25) is 4.79 Å². The lowest BCUT2D eigenvalue weighted by molar-refractivity contribution is -0.160. The van der Waals surface area contributed by atoms with Crippen LogP contribution in [0.15, 0.2) is 24.3 Å². The molecular formula is C20H22Cl2FNO3. The Morgan fingerprint density at radius 2 is 2.07 bits per heavy atom. The van der Waals surface area contributed by atoms with Crippen molar-refractivity contribution in [2.75, 3.05) is 0 Å². The van der Waals surface area contributed by atoms with Crippen LogP contribution >= 0.6 is 23.2 Å². The van der Waals surface area contributed by atoms with Crippen molar-refractivity contribution in [2.24, 2.45) is 0 Å². The zero-order chi connectivity index (χ0) is 19.7. The first-order valence-electron chi connectivity index (χ1n) is 8.98. The first kappa shape index (κ1) is 20.2. The molecule has 7 heteroatoms. The van der Waals surface area contributed by atoms with Gasteiger partial charge in [-0.2, -0.15) is 0 Å². The Kier molecular flexibility index (Phi) is 6.14. The van der Waals surface area contributed by atoms with Crippen LogP contribution in [0.4, 0.5) is 4.39 Å². The highest BCUT2D eigenvalue weighted by atomic mass is 35.5. The summed E-state index contributed by atoms with van der Waals surface area (Å²) in [5.41, 5.74) is 2.13. The Hall–Kier alpha value is -1.56. The smallest absolute Gasteiger partial charge is 0.308 e. The molecule has 1 saturated heterocycles. The number of cyclic esters (lactones) is 1. The Morgan fingerprint density at radius 1 is 1.33 bits per heavy atom. The SMILES string of the molecule is CC(C)c1c(Cl)c(Cl)c(-c2cccc(F)c2)n1CC[C@@H]1C[C@@H](O)CC(=O)O1. The second-order valence-corrected chi connectivity index (χ2v) is 7.93. The molecule has 0 unspecified atom stereocenters. The molecule has 1 aliphatic rings. The molecule has 1 fully saturated rings. The summed E-state index contributed by atoms with van der Waals surface area (Å²) in [7, 11) is 0. The molecule has 2 aromatic rings. The molecule has 2 atom stereocenters. The van der Waals surface area contributed by atoms with E-state index in [1.54, 1.807) is 12.1 Å². The predicted octanol–water partition coefficient (Wildman–Crippen LogP) is 5.18. The first-order valence-corrected chi connectivity index (χ1v) is 9.74. The second-order valence-electron chi connectivity index (χ2n) is 7.17. The second kappa shape index (κ2) is 8.21. The average molecular weight is 414 g/mol. The molecule has 0 bridgehead atoms. The van der Waals surface area contributed by atoms with E-state index in [1.165, 1.54) is 12.1 Å². The van der Waals surface area contributed by atoms with Crippen molar-refractivity contribution >= 4 is 29.2 Å². The van der Waals surface area contributed by atoms with E-state index in [0.29, 0.717) is 40.7 Å². The summed E-state index contributed by atoms with van der Waals surface area (Å²) in [6.45, 7) is 4.50. The first-order chi connectivity index (χ1) is 12.8. The Balaban J connectivity index is 1.97. The Morgan fingerprint density at radius 3 is 2.70 bits per heavy atom. The number of hydrogen-bond acceptors (Lipinski definition) is 3. The molecule has 27 heavy (non-hydrogen) atoms. The van der Waals surface area contributed by atoms with Gasteiger partial charge in [0, 0.05) is 30.6 Å². The maximum absolute atomic E-state index is 13.8. The summed E-state index contributed by atoms with van der Waals surface area (Å²) >= 11 is 13.0. The van der Waals surface area contributed by atoms with Gasteiger partial charge in [-0.1, -0.05) is 49.2 Å². The van der Waals surface area contributed by atoms with Crippen LogP contribution < -0.4 is 0 Å². The molecule has 146 valence electrons. The van der Waals surface area contributed by atoms with Gasteiger partial charge in [-0.15, -0.1) is 0 Å². The monoisotopic (exact) mass is 413 g/mol. The molecule has 1 aromatic heterocycles. The van der Waals surface area contributed by atoms with Crippen molar-refractivity contribution in [3.63, 3.8) is 0 Å². The highest BCUT2D eigenvalue weighted by Crippen LogP contribution is 2.42. The lowest BCUT2D eigenvalue weighted by atomic mass is 10.0. The summed E-state index contributed by atoms with van der Waals surface area (Å²) in [5.74, 6) is -0.656. The maximum Gasteiger partial charge on any atom is 0.308 e. The van der Waals surface area contributed by atoms with Crippen LogP contribution in [0.2, 0.25) is 10.0 Å². The van der Waals surface area contributed by atoms with Crippen LogP contribution in [0.3, 0.4) is 0 Å². The minimum atomic E-state index is -0.680. The number of aromatic nitrogens is 1. The molecule has 3 rings (SSSR count). The van der Waals surface area contributed by atoms with E-state index in [-0.39, 0.29) is 24.3 Å². The topological polar surface area (TPSA) is 51.5 Å². The molecule has 0 spiro atoms. The van der Waals surface area contributed by atoms with Crippen molar-refractivity contribution in [2.45, 2.75) is 57.8 Å². The van der Waals surface area contributed by atoms with Crippen molar-refractivity contribution in [3.8, 4) is 11.3 Å². The van der Waals surface area contributed by atoms with Crippen molar-refractivity contribution in [1.29, 1.82) is 0 Å². The van der Waals surface area contributed by atoms with Gasteiger partial charge in [0.15, 0.2) is 0 Å². The van der Waals surface area contributed by atoms with Gasteiger partial charge in [-0.25, -0.2) is 4.39 Å².